The molecule has 1 amide bonds. The Hall–Kier alpha value is -2.44. The summed E-state index contributed by atoms with van der Waals surface area (Å²) >= 11 is 0. The summed E-state index contributed by atoms with van der Waals surface area (Å²) < 4.78 is 10.2. The maximum Gasteiger partial charge on any atom is 0.281 e. The first-order valence-electron chi connectivity index (χ1n) is 6.63. The fourth-order valence-corrected chi connectivity index (χ4v) is 1.92. The van der Waals surface area contributed by atoms with Gasteiger partial charge < -0.3 is 20.1 Å². The number of para-hydroxylation sites is 1. The Bertz CT molecular complexity index is 595. The van der Waals surface area contributed by atoms with Gasteiger partial charge in [0.25, 0.3) is 5.91 Å². The molecule has 108 valence electrons. The van der Waals surface area contributed by atoms with E-state index in [1.54, 1.807) is 18.3 Å². The van der Waals surface area contributed by atoms with E-state index in [0.29, 0.717) is 24.7 Å². The molecule has 1 aromatic heterocycles. The number of ether oxygens (including phenoxy) is 2. The Morgan fingerprint density at radius 2 is 1.81 bits per heavy atom. The van der Waals surface area contributed by atoms with E-state index < -0.39 is 6.29 Å². The monoisotopic (exact) mass is 285 g/mol. The minimum absolute atomic E-state index is 0.321. The molecule has 21 heavy (non-hydrogen) atoms. The lowest BCUT2D eigenvalue weighted by Crippen LogP contribution is -2.28. The van der Waals surface area contributed by atoms with Crippen LogP contribution < -0.4 is 10.6 Å². The predicted octanol–water partition coefficient (Wildman–Crippen LogP) is 2.14. The van der Waals surface area contributed by atoms with E-state index in [-0.39, 0.29) is 5.91 Å². The Morgan fingerprint density at radius 1 is 1.05 bits per heavy atom. The van der Waals surface area contributed by atoms with E-state index in [1.165, 1.54) is 0 Å². The fraction of sp³-hybridized carbons (Fsp3) is 0.200. The molecule has 0 saturated carbocycles. The highest BCUT2D eigenvalue weighted by Gasteiger charge is 2.24. The Morgan fingerprint density at radius 3 is 2.48 bits per heavy atom. The number of rotatable bonds is 4. The molecule has 2 heterocycles. The molecule has 6 nitrogen and oxygen atoms in total. The minimum atomic E-state index is -0.827. The van der Waals surface area contributed by atoms with E-state index in [2.05, 4.69) is 15.6 Å². The molecule has 0 bridgehead atoms. The highest BCUT2D eigenvalue weighted by molar-refractivity contribution is 5.93. The molecule has 6 heteroatoms. The van der Waals surface area contributed by atoms with Gasteiger partial charge in [-0.3, -0.25) is 4.79 Å². The standard InChI is InChI=1S/C15H15N3O3/c19-14(15-20-8-9-21-15)18-12-6-7-13(16-10-12)17-11-4-2-1-3-5-11/h1-7,10,15H,8-9H2,(H,16,17)(H,18,19). The van der Waals surface area contributed by atoms with Crippen molar-refractivity contribution < 1.29 is 14.3 Å². The molecule has 2 aromatic rings. The third-order valence-corrected chi connectivity index (χ3v) is 2.91. The van der Waals surface area contributed by atoms with Crippen LogP contribution in [0, 0.1) is 0 Å². The maximum absolute atomic E-state index is 11.8. The van der Waals surface area contributed by atoms with Gasteiger partial charge in [0, 0.05) is 5.69 Å². The summed E-state index contributed by atoms with van der Waals surface area (Å²) in [5.41, 5.74) is 1.55. The highest BCUT2D eigenvalue weighted by atomic mass is 16.7. The van der Waals surface area contributed by atoms with Crippen LogP contribution in [-0.4, -0.2) is 30.4 Å². The van der Waals surface area contributed by atoms with Crippen LogP contribution in [0.3, 0.4) is 0 Å². The second-order valence-corrected chi connectivity index (χ2v) is 4.49. The average molecular weight is 285 g/mol. The van der Waals surface area contributed by atoms with Crippen LogP contribution >= 0.6 is 0 Å². The number of benzene rings is 1. The lowest BCUT2D eigenvalue weighted by Gasteiger charge is -2.10. The average Bonchev–Trinajstić information content (AvgIpc) is 3.05. The van der Waals surface area contributed by atoms with Crippen LogP contribution in [0.25, 0.3) is 0 Å². The molecule has 0 spiro atoms. The number of pyridine rings is 1. The van der Waals surface area contributed by atoms with Crippen LogP contribution in [-0.2, 0) is 14.3 Å². The first kappa shape index (κ1) is 13.5. The first-order chi connectivity index (χ1) is 10.3. The van der Waals surface area contributed by atoms with E-state index in [9.17, 15) is 4.79 Å². The third kappa shape index (κ3) is 3.56. The smallest absolute Gasteiger partial charge is 0.281 e. The van der Waals surface area contributed by atoms with Crippen LogP contribution in [0.15, 0.2) is 48.7 Å². The molecule has 3 rings (SSSR count). The molecule has 1 saturated heterocycles. The van der Waals surface area contributed by atoms with Crippen molar-refractivity contribution in [2.75, 3.05) is 23.8 Å². The molecule has 1 aromatic carbocycles. The SMILES string of the molecule is O=C(Nc1ccc(Nc2ccccc2)nc1)C1OCCO1. The van der Waals surface area contributed by atoms with Crippen molar-refractivity contribution in [3.8, 4) is 0 Å². The van der Waals surface area contributed by atoms with Crippen molar-refractivity contribution in [3.05, 3.63) is 48.7 Å². The third-order valence-electron chi connectivity index (χ3n) is 2.91. The van der Waals surface area contributed by atoms with Gasteiger partial charge in [-0.1, -0.05) is 18.2 Å². The van der Waals surface area contributed by atoms with Crippen LogP contribution in [0.2, 0.25) is 0 Å². The molecule has 0 unspecified atom stereocenters. The fourth-order valence-electron chi connectivity index (χ4n) is 1.92. The van der Waals surface area contributed by atoms with Gasteiger partial charge in [0.05, 0.1) is 25.1 Å². The molecule has 0 aliphatic carbocycles. The second-order valence-electron chi connectivity index (χ2n) is 4.49. The number of carbonyl (C=O) groups is 1. The summed E-state index contributed by atoms with van der Waals surface area (Å²) in [6.45, 7) is 0.881. The Balaban J connectivity index is 1.60. The van der Waals surface area contributed by atoms with Crippen molar-refractivity contribution in [1.82, 2.24) is 4.98 Å². The van der Waals surface area contributed by atoms with Crippen molar-refractivity contribution >= 4 is 23.1 Å². The van der Waals surface area contributed by atoms with E-state index >= 15 is 0 Å². The quantitative estimate of drug-likeness (QED) is 0.900. The van der Waals surface area contributed by atoms with Gasteiger partial charge in [-0.25, -0.2) is 4.98 Å². The minimum Gasteiger partial charge on any atom is -0.342 e. The van der Waals surface area contributed by atoms with Crippen LogP contribution in [0.4, 0.5) is 17.2 Å². The number of aromatic nitrogens is 1. The molecule has 0 radical (unpaired) electrons. The molecule has 1 aliphatic rings. The van der Waals surface area contributed by atoms with Crippen molar-refractivity contribution in [1.29, 1.82) is 0 Å². The lowest BCUT2D eigenvalue weighted by atomic mass is 10.3. The normalized spacial score (nSPS) is 14.9. The van der Waals surface area contributed by atoms with E-state index in [1.807, 2.05) is 30.3 Å². The molecule has 1 aliphatic heterocycles. The number of amides is 1. The van der Waals surface area contributed by atoms with Gasteiger partial charge in [0.15, 0.2) is 0 Å². The zero-order chi connectivity index (χ0) is 14.5. The highest BCUT2D eigenvalue weighted by Crippen LogP contribution is 2.16. The zero-order valence-corrected chi connectivity index (χ0v) is 11.3. The summed E-state index contributed by atoms with van der Waals surface area (Å²) in [5, 5.41) is 5.86. The topological polar surface area (TPSA) is 72.5 Å². The van der Waals surface area contributed by atoms with Gasteiger partial charge in [-0.2, -0.15) is 0 Å². The van der Waals surface area contributed by atoms with Crippen LogP contribution in [0.1, 0.15) is 0 Å². The largest absolute Gasteiger partial charge is 0.342 e. The molecule has 1 fully saturated rings. The molecule has 2 N–H and O–H groups in total. The van der Waals surface area contributed by atoms with Crippen molar-refractivity contribution in [2.45, 2.75) is 6.29 Å². The molecular weight excluding hydrogens is 270 g/mol. The summed E-state index contributed by atoms with van der Waals surface area (Å²) in [6, 6.07) is 13.3. The van der Waals surface area contributed by atoms with Gasteiger partial charge in [0.2, 0.25) is 6.29 Å². The summed E-state index contributed by atoms with van der Waals surface area (Å²) in [4.78, 5) is 16.0. The second kappa shape index (κ2) is 6.34. The van der Waals surface area contributed by atoms with Crippen LogP contribution in [0.5, 0.6) is 0 Å². The molecule has 0 atom stereocenters. The Labute approximate surface area is 122 Å². The van der Waals surface area contributed by atoms with Gasteiger partial charge in [-0.05, 0) is 24.3 Å². The zero-order valence-electron chi connectivity index (χ0n) is 11.3. The number of nitrogens with one attached hydrogen (secondary N) is 2. The van der Waals surface area contributed by atoms with Crippen molar-refractivity contribution in [2.24, 2.45) is 0 Å². The van der Waals surface area contributed by atoms with E-state index in [4.69, 9.17) is 9.47 Å². The Kier molecular flexibility index (Phi) is 4.09. The van der Waals surface area contributed by atoms with E-state index in [0.717, 1.165) is 5.69 Å². The molecular formula is C15H15N3O3. The lowest BCUT2D eigenvalue weighted by molar-refractivity contribution is -0.140. The predicted molar refractivity (Wildman–Crippen MR) is 78.3 cm³/mol. The number of hydrogen-bond donors (Lipinski definition) is 2. The summed E-state index contributed by atoms with van der Waals surface area (Å²) in [5.74, 6) is 0.380. The van der Waals surface area contributed by atoms with Gasteiger partial charge in [-0.15, -0.1) is 0 Å². The number of anilines is 3. The number of nitrogens with zero attached hydrogens (tertiary/aromatic N) is 1. The van der Waals surface area contributed by atoms with Gasteiger partial charge in [0.1, 0.15) is 5.82 Å². The summed E-state index contributed by atoms with van der Waals surface area (Å²) in [6.07, 6.45) is 0.755. The maximum atomic E-state index is 11.8. The van der Waals surface area contributed by atoms with Gasteiger partial charge >= 0.3 is 0 Å². The first-order valence-corrected chi connectivity index (χ1v) is 6.63. The van der Waals surface area contributed by atoms with Crippen molar-refractivity contribution in [3.63, 3.8) is 0 Å². The number of hydrogen-bond acceptors (Lipinski definition) is 5. The number of carbonyl (C=O) groups excluding carboxylic acids is 1. The summed E-state index contributed by atoms with van der Waals surface area (Å²) in [7, 11) is 0.